The number of aryl methyl sites for hydroxylation is 1. The summed E-state index contributed by atoms with van der Waals surface area (Å²) in [5.74, 6) is 0.747. The number of aliphatic carboxylic acids is 1. The van der Waals surface area contributed by atoms with Crippen molar-refractivity contribution in [1.29, 1.82) is 0 Å². The summed E-state index contributed by atoms with van der Waals surface area (Å²) < 4.78 is 11.0. The van der Waals surface area contributed by atoms with E-state index in [1.807, 2.05) is 18.2 Å². The predicted molar refractivity (Wildman–Crippen MR) is 95.4 cm³/mol. The monoisotopic (exact) mass is 359 g/mol. The first kappa shape index (κ1) is 16.4. The highest BCUT2D eigenvalue weighted by molar-refractivity contribution is 7.10. The quantitative estimate of drug-likeness (QED) is 0.899. The number of ether oxygens (including phenoxy) is 2. The second-order valence-electron chi connectivity index (χ2n) is 6.63. The fraction of sp³-hybridized carbons (Fsp3) is 0.421. The lowest BCUT2D eigenvalue weighted by Crippen LogP contribution is -2.46. The standard InChI is InChI=1S/C19H21NO4S/c1-12-8-17(25-10-12)18(20-7-3-2-4-14(20)19(21)22)13-5-6-15-16(9-13)24-11-23-15/h5-6,8-10,14,18H,2-4,7,11H2,1H3,(H,21,22). The van der Waals surface area contributed by atoms with Gasteiger partial charge in [-0.15, -0.1) is 11.3 Å². The van der Waals surface area contributed by atoms with Crippen molar-refractivity contribution >= 4 is 17.3 Å². The van der Waals surface area contributed by atoms with Crippen LogP contribution >= 0.6 is 11.3 Å². The van der Waals surface area contributed by atoms with Gasteiger partial charge in [0.2, 0.25) is 6.79 Å². The molecule has 5 nitrogen and oxygen atoms in total. The van der Waals surface area contributed by atoms with Crippen molar-refractivity contribution in [2.24, 2.45) is 0 Å². The van der Waals surface area contributed by atoms with Crippen LogP contribution in [-0.4, -0.2) is 35.4 Å². The Balaban J connectivity index is 1.77. The zero-order valence-corrected chi connectivity index (χ0v) is 14.9. The van der Waals surface area contributed by atoms with Gasteiger partial charge < -0.3 is 14.6 Å². The molecule has 0 radical (unpaired) electrons. The third kappa shape index (κ3) is 3.12. The van der Waals surface area contributed by atoms with Crippen LogP contribution in [0.5, 0.6) is 11.5 Å². The number of hydrogen-bond acceptors (Lipinski definition) is 5. The summed E-state index contributed by atoms with van der Waals surface area (Å²) in [7, 11) is 0. The highest BCUT2D eigenvalue weighted by atomic mass is 32.1. The molecule has 6 heteroatoms. The minimum Gasteiger partial charge on any atom is -0.480 e. The van der Waals surface area contributed by atoms with Gasteiger partial charge in [0.15, 0.2) is 11.5 Å². The van der Waals surface area contributed by atoms with Crippen molar-refractivity contribution in [3.63, 3.8) is 0 Å². The fourth-order valence-electron chi connectivity index (χ4n) is 3.73. The Kier molecular flexibility index (Phi) is 4.39. The third-order valence-corrected chi connectivity index (χ3v) is 6.00. The molecule has 2 aliphatic heterocycles. The van der Waals surface area contributed by atoms with Gasteiger partial charge in [0.05, 0.1) is 6.04 Å². The van der Waals surface area contributed by atoms with Gasteiger partial charge >= 0.3 is 5.97 Å². The van der Waals surface area contributed by atoms with Crippen molar-refractivity contribution in [1.82, 2.24) is 4.90 Å². The Hall–Kier alpha value is -2.05. The SMILES string of the molecule is Cc1csc(C(c2ccc3c(c2)OCO3)N2CCCCC2C(=O)O)c1. The van der Waals surface area contributed by atoms with Gasteiger partial charge in [0.25, 0.3) is 0 Å². The highest BCUT2D eigenvalue weighted by Gasteiger charge is 2.36. The molecule has 132 valence electrons. The van der Waals surface area contributed by atoms with E-state index in [9.17, 15) is 9.90 Å². The number of likely N-dealkylation sites (tertiary alicyclic amines) is 1. The maximum absolute atomic E-state index is 11.8. The second kappa shape index (κ2) is 6.69. The number of hydrogen-bond donors (Lipinski definition) is 1. The van der Waals surface area contributed by atoms with E-state index in [0.717, 1.165) is 36.4 Å². The second-order valence-corrected chi connectivity index (χ2v) is 7.57. The Labute approximate surface area is 150 Å². The number of rotatable bonds is 4. The summed E-state index contributed by atoms with van der Waals surface area (Å²) in [6, 6.07) is 7.58. The molecule has 1 aromatic carbocycles. The minimum absolute atomic E-state index is 0.0744. The zero-order valence-electron chi connectivity index (χ0n) is 14.1. The van der Waals surface area contributed by atoms with E-state index in [2.05, 4.69) is 23.3 Å². The number of fused-ring (bicyclic) bond motifs is 1. The Morgan fingerprint density at radius 3 is 2.88 bits per heavy atom. The minimum atomic E-state index is -0.737. The van der Waals surface area contributed by atoms with Crippen LogP contribution in [-0.2, 0) is 4.79 Å². The van der Waals surface area contributed by atoms with Crippen LogP contribution in [0.2, 0.25) is 0 Å². The van der Waals surface area contributed by atoms with Crippen molar-refractivity contribution in [3.05, 3.63) is 45.6 Å². The summed E-state index contributed by atoms with van der Waals surface area (Å²) in [4.78, 5) is 15.1. The molecule has 3 heterocycles. The van der Waals surface area contributed by atoms with Gasteiger partial charge in [-0.2, -0.15) is 0 Å². The lowest BCUT2D eigenvalue weighted by molar-refractivity contribution is -0.145. The molecule has 2 aromatic rings. The molecule has 1 aromatic heterocycles. The van der Waals surface area contributed by atoms with Crippen LogP contribution < -0.4 is 9.47 Å². The molecule has 1 N–H and O–H groups in total. The lowest BCUT2D eigenvalue weighted by Gasteiger charge is -2.39. The molecule has 0 spiro atoms. The maximum Gasteiger partial charge on any atom is 0.320 e. The van der Waals surface area contributed by atoms with E-state index in [0.29, 0.717) is 6.42 Å². The van der Waals surface area contributed by atoms with E-state index in [-0.39, 0.29) is 12.8 Å². The van der Waals surface area contributed by atoms with Gasteiger partial charge in [0, 0.05) is 4.88 Å². The third-order valence-electron chi connectivity index (χ3n) is 4.89. The first-order valence-electron chi connectivity index (χ1n) is 8.56. The van der Waals surface area contributed by atoms with Crippen LogP contribution in [0.15, 0.2) is 29.6 Å². The lowest BCUT2D eigenvalue weighted by atomic mass is 9.95. The van der Waals surface area contributed by atoms with E-state index >= 15 is 0 Å². The van der Waals surface area contributed by atoms with Gasteiger partial charge in [0.1, 0.15) is 6.04 Å². The number of piperidine rings is 1. The average molecular weight is 359 g/mol. The molecule has 0 bridgehead atoms. The van der Waals surface area contributed by atoms with E-state index in [4.69, 9.17) is 9.47 Å². The van der Waals surface area contributed by atoms with E-state index in [1.54, 1.807) is 11.3 Å². The summed E-state index contributed by atoms with van der Waals surface area (Å²) in [6.07, 6.45) is 2.68. The van der Waals surface area contributed by atoms with Crippen molar-refractivity contribution in [2.45, 2.75) is 38.3 Å². The van der Waals surface area contributed by atoms with Crippen LogP contribution in [0.4, 0.5) is 0 Å². The summed E-state index contributed by atoms with van der Waals surface area (Å²) in [6.45, 7) is 3.09. The summed E-state index contributed by atoms with van der Waals surface area (Å²) in [5.41, 5.74) is 2.26. The number of carboxylic acids is 1. The molecular weight excluding hydrogens is 338 g/mol. The maximum atomic E-state index is 11.8. The number of carboxylic acid groups (broad SMARTS) is 1. The molecule has 2 atom stereocenters. The Bertz CT molecular complexity index is 787. The fourth-order valence-corrected chi connectivity index (χ4v) is 4.77. The van der Waals surface area contributed by atoms with Crippen LogP contribution in [0.25, 0.3) is 0 Å². The van der Waals surface area contributed by atoms with E-state index < -0.39 is 12.0 Å². The summed E-state index contributed by atoms with van der Waals surface area (Å²) >= 11 is 1.69. The molecular formula is C19H21NO4S. The largest absolute Gasteiger partial charge is 0.480 e. The number of carbonyl (C=O) groups is 1. The molecule has 0 saturated carbocycles. The first-order chi connectivity index (χ1) is 12.1. The van der Waals surface area contributed by atoms with Gasteiger partial charge in [-0.25, -0.2) is 0 Å². The number of thiophene rings is 1. The molecule has 0 aliphatic carbocycles. The first-order valence-corrected chi connectivity index (χ1v) is 9.44. The molecule has 25 heavy (non-hydrogen) atoms. The predicted octanol–water partition coefficient (Wildman–Crippen LogP) is 3.81. The van der Waals surface area contributed by atoms with Crippen LogP contribution in [0, 0.1) is 6.92 Å². The molecule has 1 fully saturated rings. The molecule has 2 unspecified atom stereocenters. The Morgan fingerprint density at radius 2 is 2.12 bits per heavy atom. The smallest absolute Gasteiger partial charge is 0.320 e. The number of nitrogens with zero attached hydrogens (tertiary/aromatic N) is 1. The van der Waals surface area contributed by atoms with Crippen LogP contribution in [0.3, 0.4) is 0 Å². The zero-order chi connectivity index (χ0) is 17.4. The van der Waals surface area contributed by atoms with Crippen molar-refractivity contribution in [3.8, 4) is 11.5 Å². The topological polar surface area (TPSA) is 59.0 Å². The molecule has 0 amide bonds. The molecule has 1 saturated heterocycles. The van der Waals surface area contributed by atoms with Gasteiger partial charge in [-0.3, -0.25) is 9.69 Å². The number of benzene rings is 1. The Morgan fingerprint density at radius 1 is 1.28 bits per heavy atom. The van der Waals surface area contributed by atoms with Crippen molar-refractivity contribution in [2.75, 3.05) is 13.3 Å². The van der Waals surface area contributed by atoms with Gasteiger partial charge in [-0.1, -0.05) is 12.5 Å². The molecule has 4 rings (SSSR count). The highest BCUT2D eigenvalue weighted by Crippen LogP contribution is 2.41. The molecule has 2 aliphatic rings. The van der Waals surface area contributed by atoms with Crippen molar-refractivity contribution < 1.29 is 19.4 Å². The summed E-state index contributed by atoms with van der Waals surface area (Å²) in [5, 5.41) is 11.8. The van der Waals surface area contributed by atoms with Gasteiger partial charge in [-0.05, 0) is 61.0 Å². The van der Waals surface area contributed by atoms with E-state index in [1.165, 1.54) is 10.4 Å². The average Bonchev–Trinajstić information content (AvgIpc) is 3.24. The normalized spacial score (nSPS) is 21.2. The van der Waals surface area contributed by atoms with Crippen LogP contribution in [0.1, 0.15) is 41.3 Å².